The van der Waals surface area contributed by atoms with Gasteiger partial charge >= 0.3 is 0 Å². The van der Waals surface area contributed by atoms with Crippen LogP contribution in [0, 0.1) is 12.7 Å². The number of hydrogen-bond donors (Lipinski definition) is 0. The van der Waals surface area contributed by atoms with E-state index in [4.69, 9.17) is 11.6 Å². The van der Waals surface area contributed by atoms with Crippen molar-refractivity contribution in [2.45, 2.75) is 38.1 Å². The Labute approximate surface area is 129 Å². The van der Waals surface area contributed by atoms with Crippen molar-refractivity contribution in [1.82, 2.24) is 14.5 Å². The molecule has 3 rings (SSSR count). The van der Waals surface area contributed by atoms with E-state index in [2.05, 4.69) is 21.5 Å². The zero-order valence-corrected chi connectivity index (χ0v) is 13.5. The van der Waals surface area contributed by atoms with Gasteiger partial charge in [0.2, 0.25) is 0 Å². The normalized spacial score (nSPS) is 19.3. The van der Waals surface area contributed by atoms with Crippen LogP contribution in [0.3, 0.4) is 0 Å². The number of likely N-dealkylation sites (tertiary alicyclic amines) is 1. The molecule has 21 heavy (non-hydrogen) atoms. The van der Waals surface area contributed by atoms with Gasteiger partial charge in [-0.25, -0.2) is 9.37 Å². The molecule has 0 aliphatic carbocycles. The highest BCUT2D eigenvalue weighted by molar-refractivity contribution is 6.20. The fraction of sp³-hybridized carbons (Fsp3) is 0.562. The first-order chi connectivity index (χ1) is 9.97. The van der Waals surface area contributed by atoms with Crippen LogP contribution in [-0.2, 0) is 0 Å². The molecular formula is C16H21ClFN3. The minimum atomic E-state index is -0.204. The fourth-order valence-corrected chi connectivity index (χ4v) is 3.31. The molecule has 114 valence electrons. The van der Waals surface area contributed by atoms with E-state index in [1.165, 1.54) is 6.07 Å². The first kappa shape index (κ1) is 14.8. The molecule has 0 amide bonds. The molecule has 3 nitrogen and oxygen atoms in total. The summed E-state index contributed by atoms with van der Waals surface area (Å²) in [6, 6.07) is 3.82. The van der Waals surface area contributed by atoms with Crippen LogP contribution in [0.25, 0.3) is 11.0 Å². The van der Waals surface area contributed by atoms with Crippen LogP contribution in [0.15, 0.2) is 12.1 Å². The number of halogens is 2. The zero-order valence-electron chi connectivity index (χ0n) is 12.7. The van der Waals surface area contributed by atoms with Gasteiger partial charge in [0.25, 0.3) is 0 Å². The molecule has 2 heterocycles. The number of piperidine rings is 1. The maximum Gasteiger partial charge on any atom is 0.128 e. The number of nitrogens with zero attached hydrogens (tertiary/aromatic N) is 3. The van der Waals surface area contributed by atoms with Gasteiger partial charge in [0.15, 0.2) is 0 Å². The summed E-state index contributed by atoms with van der Waals surface area (Å²) in [6.07, 6.45) is 2.16. The van der Waals surface area contributed by atoms with Gasteiger partial charge in [0.1, 0.15) is 11.6 Å². The minimum absolute atomic E-state index is 0.180. The largest absolute Gasteiger partial charge is 0.324 e. The van der Waals surface area contributed by atoms with Gasteiger partial charge in [0, 0.05) is 12.1 Å². The molecule has 0 saturated carbocycles. The number of rotatable bonds is 2. The summed E-state index contributed by atoms with van der Waals surface area (Å²) >= 11 is 6.32. The molecule has 0 radical (unpaired) electrons. The second kappa shape index (κ2) is 5.58. The van der Waals surface area contributed by atoms with E-state index < -0.39 is 0 Å². The Balaban J connectivity index is 2.14. The lowest BCUT2D eigenvalue weighted by molar-refractivity contribution is 0.221. The summed E-state index contributed by atoms with van der Waals surface area (Å²) < 4.78 is 16.0. The van der Waals surface area contributed by atoms with Crippen LogP contribution in [0.1, 0.15) is 42.6 Å². The molecule has 1 aliphatic heterocycles. The third-order valence-corrected chi connectivity index (χ3v) is 4.60. The standard InChI is InChI=1S/C16H21ClFN3/c1-10-8-15-14(9-13(10)18)19-16(11(2)17)21(15)12-4-6-20(3)7-5-12/h8-9,11-12H,4-7H2,1-3H3. The quantitative estimate of drug-likeness (QED) is 0.780. The number of aryl methyl sites for hydroxylation is 1. The molecule has 0 N–H and O–H groups in total. The average Bonchev–Trinajstić information content (AvgIpc) is 2.79. The SMILES string of the molecule is Cc1cc2c(cc1F)nc(C(C)Cl)n2C1CCN(C)CC1. The zero-order chi connectivity index (χ0) is 15.1. The number of hydrogen-bond acceptors (Lipinski definition) is 2. The maximum absolute atomic E-state index is 13.8. The van der Waals surface area contributed by atoms with E-state index in [-0.39, 0.29) is 11.2 Å². The lowest BCUT2D eigenvalue weighted by Gasteiger charge is -2.31. The van der Waals surface area contributed by atoms with Gasteiger partial charge in [-0.05, 0) is 58.5 Å². The van der Waals surface area contributed by atoms with E-state index >= 15 is 0 Å². The molecule has 1 aromatic carbocycles. The lowest BCUT2D eigenvalue weighted by atomic mass is 10.0. The molecule has 2 aromatic rings. The topological polar surface area (TPSA) is 21.1 Å². The molecule has 1 aliphatic rings. The van der Waals surface area contributed by atoms with Crippen molar-refractivity contribution in [3.63, 3.8) is 0 Å². The van der Waals surface area contributed by atoms with Gasteiger partial charge in [-0.1, -0.05) is 0 Å². The third kappa shape index (κ3) is 2.67. The fourth-order valence-electron chi connectivity index (χ4n) is 3.16. The number of benzene rings is 1. The van der Waals surface area contributed by atoms with Crippen LogP contribution >= 0.6 is 11.6 Å². The van der Waals surface area contributed by atoms with Crippen molar-refractivity contribution in [3.05, 3.63) is 29.3 Å². The highest BCUT2D eigenvalue weighted by atomic mass is 35.5. The van der Waals surface area contributed by atoms with E-state index in [0.717, 1.165) is 37.3 Å². The Morgan fingerprint density at radius 3 is 2.62 bits per heavy atom. The third-order valence-electron chi connectivity index (χ3n) is 4.41. The number of aromatic nitrogens is 2. The van der Waals surface area contributed by atoms with Crippen molar-refractivity contribution < 1.29 is 4.39 Å². The predicted molar refractivity (Wildman–Crippen MR) is 84.5 cm³/mol. The van der Waals surface area contributed by atoms with Crippen LogP contribution in [0.2, 0.25) is 0 Å². The highest BCUT2D eigenvalue weighted by Gasteiger charge is 2.25. The van der Waals surface area contributed by atoms with Gasteiger partial charge in [0.05, 0.1) is 16.4 Å². The Morgan fingerprint density at radius 2 is 2.00 bits per heavy atom. The molecular weight excluding hydrogens is 289 g/mol. The lowest BCUT2D eigenvalue weighted by Crippen LogP contribution is -2.32. The van der Waals surface area contributed by atoms with Crippen LogP contribution in [0.5, 0.6) is 0 Å². The Bertz CT molecular complexity index is 657. The Morgan fingerprint density at radius 1 is 1.33 bits per heavy atom. The van der Waals surface area contributed by atoms with Crippen molar-refractivity contribution in [2.75, 3.05) is 20.1 Å². The molecule has 1 aromatic heterocycles. The first-order valence-electron chi connectivity index (χ1n) is 7.48. The average molecular weight is 310 g/mol. The number of alkyl halides is 1. The van der Waals surface area contributed by atoms with E-state index in [1.54, 1.807) is 6.92 Å². The monoisotopic (exact) mass is 309 g/mol. The summed E-state index contributed by atoms with van der Waals surface area (Å²) in [5.41, 5.74) is 2.37. The maximum atomic E-state index is 13.8. The van der Waals surface area contributed by atoms with E-state index in [9.17, 15) is 4.39 Å². The van der Waals surface area contributed by atoms with E-state index in [0.29, 0.717) is 17.1 Å². The summed E-state index contributed by atoms with van der Waals surface area (Å²) in [7, 11) is 2.15. The van der Waals surface area contributed by atoms with Crippen molar-refractivity contribution in [3.8, 4) is 0 Å². The first-order valence-corrected chi connectivity index (χ1v) is 7.91. The highest BCUT2D eigenvalue weighted by Crippen LogP contribution is 2.33. The summed E-state index contributed by atoms with van der Waals surface area (Å²) in [4.78, 5) is 6.92. The summed E-state index contributed by atoms with van der Waals surface area (Å²) in [5.74, 6) is 0.649. The van der Waals surface area contributed by atoms with Gasteiger partial charge in [-0.3, -0.25) is 0 Å². The van der Waals surface area contributed by atoms with Crippen LogP contribution in [-0.4, -0.2) is 34.6 Å². The number of fused-ring (bicyclic) bond motifs is 1. The molecule has 1 atom stereocenters. The smallest absolute Gasteiger partial charge is 0.128 e. The second-order valence-electron chi connectivity index (χ2n) is 6.08. The second-order valence-corrected chi connectivity index (χ2v) is 6.74. The van der Waals surface area contributed by atoms with Gasteiger partial charge < -0.3 is 9.47 Å². The number of imidazole rings is 1. The van der Waals surface area contributed by atoms with E-state index in [1.807, 2.05) is 13.0 Å². The minimum Gasteiger partial charge on any atom is -0.324 e. The molecule has 1 saturated heterocycles. The molecule has 1 fully saturated rings. The summed E-state index contributed by atoms with van der Waals surface area (Å²) in [6.45, 7) is 5.86. The van der Waals surface area contributed by atoms with Gasteiger partial charge in [-0.15, -0.1) is 11.6 Å². The van der Waals surface area contributed by atoms with Crippen LogP contribution < -0.4 is 0 Å². The van der Waals surface area contributed by atoms with Crippen LogP contribution in [0.4, 0.5) is 4.39 Å². The molecule has 0 bridgehead atoms. The molecule has 5 heteroatoms. The van der Waals surface area contributed by atoms with Crippen molar-refractivity contribution in [1.29, 1.82) is 0 Å². The Hall–Kier alpha value is -1.13. The molecule has 0 spiro atoms. The van der Waals surface area contributed by atoms with Crippen molar-refractivity contribution >= 4 is 22.6 Å². The molecule has 1 unspecified atom stereocenters. The predicted octanol–water partition coefficient (Wildman–Crippen LogP) is 4.05. The van der Waals surface area contributed by atoms with Gasteiger partial charge in [-0.2, -0.15) is 0 Å². The summed E-state index contributed by atoms with van der Waals surface area (Å²) in [5, 5.41) is -0.180. The van der Waals surface area contributed by atoms with Crippen molar-refractivity contribution in [2.24, 2.45) is 0 Å². The Kier molecular flexibility index (Phi) is 3.93.